The van der Waals surface area contributed by atoms with Crippen LogP contribution in [-0.2, 0) is 10.3 Å². The van der Waals surface area contributed by atoms with Gasteiger partial charge < -0.3 is 5.11 Å². The fourth-order valence-electron chi connectivity index (χ4n) is 2.97. The second-order valence-corrected chi connectivity index (χ2v) is 5.48. The molecule has 4 nitrogen and oxygen atoms in total. The number of carboxylic acids is 1. The van der Waals surface area contributed by atoms with E-state index in [0.29, 0.717) is 0 Å². The minimum absolute atomic E-state index is 0.136. The van der Waals surface area contributed by atoms with Gasteiger partial charge in [0.1, 0.15) is 0 Å². The highest BCUT2D eigenvalue weighted by molar-refractivity contribution is 5.68. The average molecular weight is 262 g/mol. The molecule has 0 amide bonds. The molecule has 1 saturated heterocycles. The zero-order valence-corrected chi connectivity index (χ0v) is 11.5. The lowest BCUT2D eigenvalue weighted by Crippen LogP contribution is -2.46. The topological polar surface area (TPSA) is 53.4 Å². The number of nitrogens with zero attached hydrogens (tertiary/aromatic N) is 2. The van der Waals surface area contributed by atoms with Gasteiger partial charge in [-0.25, -0.2) is 0 Å². The molecular weight excluding hydrogens is 240 g/mol. The summed E-state index contributed by atoms with van der Waals surface area (Å²) < 4.78 is 0. The minimum Gasteiger partial charge on any atom is -0.481 e. The second-order valence-electron chi connectivity index (χ2n) is 5.48. The molecule has 4 heteroatoms. The van der Waals surface area contributed by atoms with Crippen molar-refractivity contribution < 1.29 is 9.90 Å². The van der Waals surface area contributed by atoms with Crippen LogP contribution < -0.4 is 0 Å². The normalized spacial score (nSPS) is 20.5. The maximum Gasteiger partial charge on any atom is 0.305 e. The van der Waals surface area contributed by atoms with E-state index in [0.717, 1.165) is 31.5 Å². The number of aromatic nitrogens is 1. The van der Waals surface area contributed by atoms with E-state index in [-0.39, 0.29) is 6.42 Å². The number of carbonyl (C=O) groups is 1. The molecule has 2 rings (SSSR count). The standard InChI is InChI=1S/C15H22N2O2/c1-15(12-14(18)19,13-6-8-16-9-7-13)17-10-4-2-3-5-11-17/h6-9H,2-5,10-12H2,1H3,(H,18,19). The van der Waals surface area contributed by atoms with Crippen molar-refractivity contribution >= 4 is 5.97 Å². The zero-order chi connectivity index (χ0) is 13.7. The third kappa shape index (κ3) is 3.32. The van der Waals surface area contributed by atoms with Gasteiger partial charge in [0, 0.05) is 12.4 Å². The highest BCUT2D eigenvalue weighted by Crippen LogP contribution is 2.33. The Balaban J connectivity index is 2.30. The molecule has 0 spiro atoms. The largest absolute Gasteiger partial charge is 0.481 e. The number of likely N-dealkylation sites (tertiary alicyclic amines) is 1. The summed E-state index contributed by atoms with van der Waals surface area (Å²) in [7, 11) is 0. The highest BCUT2D eigenvalue weighted by atomic mass is 16.4. The highest BCUT2D eigenvalue weighted by Gasteiger charge is 2.36. The zero-order valence-electron chi connectivity index (χ0n) is 11.5. The minimum atomic E-state index is -0.747. The van der Waals surface area contributed by atoms with Crippen molar-refractivity contribution in [2.45, 2.75) is 44.6 Å². The Kier molecular flexibility index (Phi) is 4.53. The summed E-state index contributed by atoms with van der Waals surface area (Å²) in [6, 6.07) is 3.88. The predicted molar refractivity (Wildman–Crippen MR) is 73.9 cm³/mol. The lowest BCUT2D eigenvalue weighted by molar-refractivity contribution is -0.140. The van der Waals surface area contributed by atoms with Gasteiger partial charge in [0.25, 0.3) is 0 Å². The number of carboxylic acid groups (broad SMARTS) is 1. The van der Waals surface area contributed by atoms with Crippen LogP contribution in [0, 0.1) is 0 Å². The number of rotatable bonds is 4. The quantitative estimate of drug-likeness (QED) is 0.906. The summed E-state index contributed by atoms with van der Waals surface area (Å²) in [5, 5.41) is 9.27. The van der Waals surface area contributed by atoms with Crippen molar-refractivity contribution in [2.75, 3.05) is 13.1 Å². The molecule has 0 aromatic carbocycles. The molecular formula is C15H22N2O2. The van der Waals surface area contributed by atoms with Crippen molar-refractivity contribution in [1.29, 1.82) is 0 Å². The Morgan fingerprint density at radius 3 is 2.37 bits per heavy atom. The van der Waals surface area contributed by atoms with E-state index in [1.165, 1.54) is 12.8 Å². The molecule has 1 aromatic heterocycles. The summed E-state index contributed by atoms with van der Waals surface area (Å²) >= 11 is 0. The number of aliphatic carboxylic acids is 1. The third-order valence-corrected chi connectivity index (χ3v) is 4.10. The molecule has 1 aliphatic heterocycles. The average Bonchev–Trinajstić information content (AvgIpc) is 2.68. The Labute approximate surface area is 114 Å². The van der Waals surface area contributed by atoms with Gasteiger partial charge in [-0.2, -0.15) is 0 Å². The van der Waals surface area contributed by atoms with Gasteiger partial charge in [-0.05, 0) is 50.6 Å². The third-order valence-electron chi connectivity index (χ3n) is 4.10. The van der Waals surface area contributed by atoms with Crippen LogP contribution in [-0.4, -0.2) is 34.0 Å². The molecule has 19 heavy (non-hydrogen) atoms. The molecule has 1 aliphatic rings. The Morgan fingerprint density at radius 1 is 1.26 bits per heavy atom. The molecule has 104 valence electrons. The fourth-order valence-corrected chi connectivity index (χ4v) is 2.97. The first-order chi connectivity index (χ1) is 9.13. The number of hydrogen-bond donors (Lipinski definition) is 1. The molecule has 0 aliphatic carbocycles. The molecule has 0 saturated carbocycles. The van der Waals surface area contributed by atoms with Gasteiger partial charge in [-0.15, -0.1) is 0 Å². The van der Waals surface area contributed by atoms with Gasteiger partial charge in [0.2, 0.25) is 0 Å². The summed E-state index contributed by atoms with van der Waals surface area (Å²) in [6.45, 7) is 4.00. The van der Waals surface area contributed by atoms with E-state index in [9.17, 15) is 9.90 Å². The summed E-state index contributed by atoms with van der Waals surface area (Å²) in [6.07, 6.45) is 8.42. The smallest absolute Gasteiger partial charge is 0.305 e. The molecule has 1 fully saturated rings. The summed E-state index contributed by atoms with van der Waals surface area (Å²) in [4.78, 5) is 17.6. The van der Waals surface area contributed by atoms with E-state index in [4.69, 9.17) is 0 Å². The molecule has 0 radical (unpaired) electrons. The van der Waals surface area contributed by atoms with E-state index < -0.39 is 11.5 Å². The Hall–Kier alpha value is -1.42. The Bertz CT molecular complexity index is 413. The monoisotopic (exact) mass is 262 g/mol. The number of pyridine rings is 1. The Morgan fingerprint density at radius 2 is 1.84 bits per heavy atom. The molecule has 0 bridgehead atoms. The molecule has 1 atom stereocenters. The predicted octanol–water partition coefficient (Wildman–Crippen LogP) is 2.65. The first-order valence-electron chi connectivity index (χ1n) is 7.00. The maximum atomic E-state index is 11.3. The van der Waals surface area contributed by atoms with Crippen LogP contribution in [0.4, 0.5) is 0 Å². The summed E-state index contributed by atoms with van der Waals surface area (Å²) in [5.41, 5.74) is 0.617. The van der Waals surface area contributed by atoms with Crippen molar-refractivity contribution in [1.82, 2.24) is 9.88 Å². The molecule has 1 aromatic rings. The van der Waals surface area contributed by atoms with Crippen LogP contribution in [0.15, 0.2) is 24.5 Å². The van der Waals surface area contributed by atoms with Crippen LogP contribution >= 0.6 is 0 Å². The SMILES string of the molecule is CC(CC(=O)O)(c1ccncc1)N1CCCCCC1. The lowest BCUT2D eigenvalue weighted by atomic mass is 9.87. The van der Waals surface area contributed by atoms with Crippen LogP contribution in [0.5, 0.6) is 0 Å². The van der Waals surface area contributed by atoms with E-state index in [1.807, 2.05) is 19.1 Å². The van der Waals surface area contributed by atoms with Crippen molar-refractivity contribution in [3.63, 3.8) is 0 Å². The summed E-state index contributed by atoms with van der Waals surface area (Å²) in [5.74, 6) is -0.747. The van der Waals surface area contributed by atoms with Crippen molar-refractivity contribution in [3.05, 3.63) is 30.1 Å². The van der Waals surface area contributed by atoms with Gasteiger partial charge in [-0.1, -0.05) is 12.8 Å². The lowest BCUT2D eigenvalue weighted by Gasteiger charge is -2.40. The van der Waals surface area contributed by atoms with Gasteiger partial charge in [-0.3, -0.25) is 14.7 Å². The van der Waals surface area contributed by atoms with Crippen LogP contribution in [0.1, 0.15) is 44.6 Å². The van der Waals surface area contributed by atoms with Crippen molar-refractivity contribution in [2.24, 2.45) is 0 Å². The van der Waals surface area contributed by atoms with Gasteiger partial charge >= 0.3 is 5.97 Å². The second kappa shape index (κ2) is 6.15. The van der Waals surface area contributed by atoms with Gasteiger partial charge in [0.15, 0.2) is 0 Å². The fraction of sp³-hybridized carbons (Fsp3) is 0.600. The van der Waals surface area contributed by atoms with E-state index >= 15 is 0 Å². The van der Waals surface area contributed by atoms with Gasteiger partial charge in [0.05, 0.1) is 12.0 Å². The first kappa shape index (κ1) is 14.0. The van der Waals surface area contributed by atoms with E-state index in [2.05, 4.69) is 9.88 Å². The van der Waals surface area contributed by atoms with Crippen molar-refractivity contribution in [3.8, 4) is 0 Å². The maximum absolute atomic E-state index is 11.3. The van der Waals surface area contributed by atoms with Crippen LogP contribution in [0.3, 0.4) is 0 Å². The van der Waals surface area contributed by atoms with E-state index in [1.54, 1.807) is 12.4 Å². The molecule has 1 unspecified atom stereocenters. The van der Waals surface area contributed by atoms with Crippen LogP contribution in [0.2, 0.25) is 0 Å². The first-order valence-corrected chi connectivity index (χ1v) is 7.00. The molecule has 2 heterocycles. The van der Waals surface area contributed by atoms with Crippen LogP contribution in [0.25, 0.3) is 0 Å². The molecule has 1 N–H and O–H groups in total. The number of hydrogen-bond acceptors (Lipinski definition) is 3.